The van der Waals surface area contributed by atoms with Crippen molar-refractivity contribution in [3.05, 3.63) is 35.1 Å². The Hall–Kier alpha value is -2.30. The molecule has 1 aromatic heterocycles. The van der Waals surface area contributed by atoms with Crippen LogP contribution in [0.3, 0.4) is 0 Å². The van der Waals surface area contributed by atoms with Gasteiger partial charge in [-0.05, 0) is 37.1 Å². The number of aliphatic carboxylic acids is 1. The third-order valence-corrected chi connectivity index (χ3v) is 4.01. The fraction of sp³-hybridized carbons (Fsp3) is 0.412. The average Bonchev–Trinajstić information content (AvgIpc) is 2.81. The molecule has 0 aliphatic heterocycles. The van der Waals surface area contributed by atoms with Gasteiger partial charge in [0.1, 0.15) is 5.58 Å². The molecule has 2 aromatic rings. The van der Waals surface area contributed by atoms with Gasteiger partial charge < -0.3 is 14.4 Å². The smallest absolute Gasteiger partial charge is 0.308 e. The summed E-state index contributed by atoms with van der Waals surface area (Å²) in [6, 6.07) is 3.99. The Balaban J connectivity index is 2.15. The fourth-order valence-electron chi connectivity index (χ4n) is 2.36. The lowest BCUT2D eigenvalue weighted by Gasteiger charge is -2.19. The van der Waals surface area contributed by atoms with Crippen LogP contribution in [0.15, 0.2) is 22.8 Å². The average molecular weight is 303 g/mol. The van der Waals surface area contributed by atoms with E-state index >= 15 is 0 Å². The van der Waals surface area contributed by atoms with Gasteiger partial charge in [0, 0.05) is 24.5 Å². The minimum Gasteiger partial charge on any atom is -0.481 e. The molecular weight excluding hydrogens is 282 g/mol. The zero-order valence-electron chi connectivity index (χ0n) is 13.3. The van der Waals surface area contributed by atoms with E-state index in [1.807, 2.05) is 26.0 Å². The number of likely N-dealkylation sites (N-methyl/N-ethyl adjacent to an activating group) is 1. The molecule has 1 N–H and O–H groups in total. The summed E-state index contributed by atoms with van der Waals surface area (Å²) >= 11 is 0. The van der Waals surface area contributed by atoms with E-state index in [1.54, 1.807) is 20.2 Å². The Bertz CT molecular complexity index is 717. The van der Waals surface area contributed by atoms with Crippen LogP contribution < -0.4 is 0 Å². The van der Waals surface area contributed by atoms with Crippen molar-refractivity contribution in [3.8, 4) is 0 Å². The molecule has 5 nitrogen and oxygen atoms in total. The molecule has 1 atom stereocenters. The van der Waals surface area contributed by atoms with E-state index in [1.165, 1.54) is 4.90 Å². The van der Waals surface area contributed by atoms with Crippen LogP contribution in [0.5, 0.6) is 0 Å². The fourth-order valence-corrected chi connectivity index (χ4v) is 2.36. The van der Waals surface area contributed by atoms with Crippen molar-refractivity contribution in [2.45, 2.75) is 27.2 Å². The predicted octanol–water partition coefficient (Wildman–Crippen LogP) is 2.77. The molecule has 0 saturated heterocycles. The Morgan fingerprint density at radius 3 is 2.55 bits per heavy atom. The first-order valence-electron chi connectivity index (χ1n) is 7.23. The minimum atomic E-state index is -0.903. The second-order valence-electron chi connectivity index (χ2n) is 5.88. The number of fused-ring (bicyclic) bond motifs is 1. The van der Waals surface area contributed by atoms with E-state index in [9.17, 15) is 9.59 Å². The third-order valence-electron chi connectivity index (χ3n) is 4.01. The molecule has 0 radical (unpaired) electrons. The van der Waals surface area contributed by atoms with Crippen molar-refractivity contribution in [2.24, 2.45) is 5.92 Å². The van der Waals surface area contributed by atoms with Crippen LogP contribution in [0.1, 0.15) is 23.6 Å². The van der Waals surface area contributed by atoms with Gasteiger partial charge in [-0.15, -0.1) is 0 Å². The third kappa shape index (κ3) is 3.30. The van der Waals surface area contributed by atoms with Gasteiger partial charge in [0.2, 0.25) is 5.91 Å². The zero-order chi connectivity index (χ0) is 16.4. The van der Waals surface area contributed by atoms with Crippen molar-refractivity contribution in [1.29, 1.82) is 0 Å². The first-order chi connectivity index (χ1) is 10.3. The van der Waals surface area contributed by atoms with Gasteiger partial charge in [-0.2, -0.15) is 0 Å². The summed E-state index contributed by atoms with van der Waals surface area (Å²) in [5.74, 6) is -1.60. The predicted molar refractivity (Wildman–Crippen MR) is 83.8 cm³/mol. The second kappa shape index (κ2) is 6.22. The van der Waals surface area contributed by atoms with Gasteiger partial charge in [-0.25, -0.2) is 0 Å². The summed E-state index contributed by atoms with van der Waals surface area (Å²) in [7, 11) is 1.62. The van der Waals surface area contributed by atoms with Crippen LogP contribution in [-0.4, -0.2) is 35.5 Å². The van der Waals surface area contributed by atoms with Crippen LogP contribution in [-0.2, 0) is 16.0 Å². The summed E-state index contributed by atoms with van der Waals surface area (Å²) in [5.41, 5.74) is 3.90. The van der Waals surface area contributed by atoms with E-state index in [-0.39, 0.29) is 18.9 Å². The normalized spacial score (nSPS) is 12.4. The number of aryl methyl sites for hydroxylation is 2. The molecule has 1 aromatic carbocycles. The van der Waals surface area contributed by atoms with Crippen LogP contribution in [0.4, 0.5) is 0 Å². The molecule has 118 valence electrons. The highest BCUT2D eigenvalue weighted by molar-refractivity contribution is 5.88. The van der Waals surface area contributed by atoms with Crippen molar-refractivity contribution >= 4 is 22.8 Å². The molecule has 5 heteroatoms. The van der Waals surface area contributed by atoms with Gasteiger partial charge in [-0.1, -0.05) is 6.92 Å². The molecule has 1 amide bonds. The summed E-state index contributed by atoms with van der Waals surface area (Å²) in [6.07, 6.45) is 1.81. The van der Waals surface area contributed by atoms with Crippen molar-refractivity contribution in [1.82, 2.24) is 4.90 Å². The first kappa shape index (κ1) is 16.1. The Morgan fingerprint density at radius 1 is 1.27 bits per heavy atom. The van der Waals surface area contributed by atoms with E-state index in [0.717, 1.165) is 27.7 Å². The number of benzene rings is 1. The Labute approximate surface area is 129 Å². The Kier molecular flexibility index (Phi) is 4.54. The number of carboxylic acids is 1. The molecule has 1 heterocycles. The van der Waals surface area contributed by atoms with E-state index in [0.29, 0.717) is 0 Å². The van der Waals surface area contributed by atoms with Gasteiger partial charge in [0.25, 0.3) is 0 Å². The summed E-state index contributed by atoms with van der Waals surface area (Å²) < 4.78 is 5.52. The lowest BCUT2D eigenvalue weighted by atomic mass is 10.0. The van der Waals surface area contributed by atoms with Crippen LogP contribution in [0.2, 0.25) is 0 Å². The molecule has 0 saturated carbocycles. The highest BCUT2D eigenvalue weighted by Crippen LogP contribution is 2.25. The maximum absolute atomic E-state index is 12.3. The van der Waals surface area contributed by atoms with E-state index < -0.39 is 11.9 Å². The number of rotatable bonds is 5. The zero-order valence-corrected chi connectivity index (χ0v) is 13.3. The van der Waals surface area contributed by atoms with Crippen molar-refractivity contribution < 1.29 is 19.1 Å². The Morgan fingerprint density at radius 2 is 1.91 bits per heavy atom. The van der Waals surface area contributed by atoms with Crippen LogP contribution >= 0.6 is 0 Å². The number of hydrogen-bond donors (Lipinski definition) is 1. The summed E-state index contributed by atoms with van der Waals surface area (Å²) in [5, 5.41) is 9.86. The van der Waals surface area contributed by atoms with E-state index in [2.05, 4.69) is 0 Å². The lowest BCUT2D eigenvalue weighted by Crippen LogP contribution is -2.34. The number of carboxylic acid groups (broad SMARTS) is 1. The number of furan rings is 1. The number of hydrogen-bond acceptors (Lipinski definition) is 3. The van der Waals surface area contributed by atoms with Crippen LogP contribution in [0.25, 0.3) is 11.0 Å². The molecule has 0 aliphatic rings. The van der Waals surface area contributed by atoms with Gasteiger partial charge >= 0.3 is 5.97 Å². The van der Waals surface area contributed by atoms with Crippen molar-refractivity contribution in [2.75, 3.05) is 13.6 Å². The van der Waals surface area contributed by atoms with Gasteiger partial charge in [-0.3, -0.25) is 9.59 Å². The lowest BCUT2D eigenvalue weighted by molar-refractivity contribution is -0.142. The molecular formula is C17H21NO4. The van der Waals surface area contributed by atoms with Gasteiger partial charge in [0.05, 0.1) is 18.6 Å². The largest absolute Gasteiger partial charge is 0.481 e. The molecule has 1 unspecified atom stereocenters. The first-order valence-corrected chi connectivity index (χ1v) is 7.23. The number of amides is 1. The maximum atomic E-state index is 12.3. The summed E-state index contributed by atoms with van der Waals surface area (Å²) in [4.78, 5) is 24.6. The number of carbonyl (C=O) groups excluding carboxylic acids is 1. The van der Waals surface area contributed by atoms with E-state index in [4.69, 9.17) is 9.52 Å². The SMILES string of the molecule is Cc1cc2occ(CC(=O)N(C)CC(C)C(=O)O)c2cc1C. The van der Waals surface area contributed by atoms with Gasteiger partial charge in [0.15, 0.2) is 0 Å². The molecule has 0 fully saturated rings. The monoisotopic (exact) mass is 303 g/mol. The molecule has 0 aliphatic carbocycles. The molecule has 2 rings (SSSR count). The number of nitrogens with zero attached hydrogens (tertiary/aromatic N) is 1. The molecule has 0 spiro atoms. The van der Waals surface area contributed by atoms with Crippen molar-refractivity contribution in [3.63, 3.8) is 0 Å². The minimum absolute atomic E-state index is 0.117. The maximum Gasteiger partial charge on any atom is 0.308 e. The highest BCUT2D eigenvalue weighted by atomic mass is 16.4. The summed E-state index contributed by atoms with van der Waals surface area (Å²) in [6.45, 7) is 5.82. The quantitative estimate of drug-likeness (QED) is 0.922. The second-order valence-corrected chi connectivity index (χ2v) is 5.88. The standard InChI is InChI=1S/C17H21NO4/c1-10-5-14-13(9-22-15(14)6-11(10)2)7-16(19)18(4)8-12(3)17(20)21/h5-6,9,12H,7-8H2,1-4H3,(H,20,21). The van der Waals surface area contributed by atoms with Crippen LogP contribution in [0, 0.1) is 19.8 Å². The molecule has 22 heavy (non-hydrogen) atoms. The molecule has 0 bridgehead atoms. The topological polar surface area (TPSA) is 70.8 Å². The number of carbonyl (C=O) groups is 2. The highest BCUT2D eigenvalue weighted by Gasteiger charge is 2.19.